The van der Waals surface area contributed by atoms with Crippen LogP contribution >= 0.6 is 0 Å². The van der Waals surface area contributed by atoms with E-state index < -0.39 is 0 Å². The standard InChI is InChI=1S/C20H23N3O2/c1-3-25-19-7-6-15(11-16(19)13-23-8-4-5-9-23)17-10-14(2)22-20(24)18(17)12-21/h6-7,10-11H,3-5,8-9,13H2,1-2H3,(H,22,24). The summed E-state index contributed by atoms with van der Waals surface area (Å²) in [5.74, 6) is 0.873. The van der Waals surface area contributed by atoms with Crippen molar-refractivity contribution in [1.82, 2.24) is 9.88 Å². The van der Waals surface area contributed by atoms with E-state index in [-0.39, 0.29) is 11.1 Å². The van der Waals surface area contributed by atoms with Gasteiger partial charge in [0.1, 0.15) is 17.4 Å². The first-order chi connectivity index (χ1) is 12.1. The maximum atomic E-state index is 12.1. The highest BCUT2D eigenvalue weighted by Gasteiger charge is 2.17. The number of aromatic nitrogens is 1. The van der Waals surface area contributed by atoms with Crippen LogP contribution in [0.25, 0.3) is 11.1 Å². The zero-order valence-electron chi connectivity index (χ0n) is 14.8. The number of pyridine rings is 1. The Kier molecular flexibility index (Phi) is 5.20. The summed E-state index contributed by atoms with van der Waals surface area (Å²) in [6.45, 7) is 7.44. The van der Waals surface area contributed by atoms with Crippen LogP contribution in [-0.4, -0.2) is 29.6 Å². The summed E-state index contributed by atoms with van der Waals surface area (Å²) in [6, 6.07) is 9.82. The van der Waals surface area contributed by atoms with Crippen molar-refractivity contribution in [3.8, 4) is 22.9 Å². The monoisotopic (exact) mass is 337 g/mol. The average molecular weight is 337 g/mol. The lowest BCUT2D eigenvalue weighted by atomic mass is 9.98. The van der Waals surface area contributed by atoms with Crippen molar-refractivity contribution in [3.63, 3.8) is 0 Å². The molecule has 1 N–H and O–H groups in total. The number of hydrogen-bond acceptors (Lipinski definition) is 4. The summed E-state index contributed by atoms with van der Waals surface area (Å²) in [5, 5.41) is 9.39. The Balaban J connectivity index is 2.06. The number of benzene rings is 1. The maximum Gasteiger partial charge on any atom is 0.266 e. The van der Waals surface area contributed by atoms with Crippen molar-refractivity contribution in [2.24, 2.45) is 0 Å². The molecule has 0 unspecified atom stereocenters. The van der Waals surface area contributed by atoms with Crippen LogP contribution in [-0.2, 0) is 6.54 Å². The highest BCUT2D eigenvalue weighted by Crippen LogP contribution is 2.30. The summed E-state index contributed by atoms with van der Waals surface area (Å²) in [7, 11) is 0. The molecule has 0 saturated carbocycles. The van der Waals surface area contributed by atoms with Crippen molar-refractivity contribution in [3.05, 3.63) is 51.4 Å². The van der Waals surface area contributed by atoms with Gasteiger partial charge in [0, 0.05) is 23.4 Å². The zero-order valence-corrected chi connectivity index (χ0v) is 14.8. The van der Waals surface area contributed by atoms with Gasteiger partial charge in [0.25, 0.3) is 5.56 Å². The van der Waals surface area contributed by atoms with Crippen molar-refractivity contribution in [2.45, 2.75) is 33.2 Å². The van der Waals surface area contributed by atoms with Crippen LogP contribution < -0.4 is 10.3 Å². The molecule has 1 aliphatic rings. The molecule has 3 rings (SSSR count). The number of nitrogens with one attached hydrogen (secondary N) is 1. The normalized spacial score (nSPS) is 14.4. The number of nitrogens with zero attached hydrogens (tertiary/aromatic N) is 2. The molecule has 130 valence electrons. The third-order valence-corrected chi connectivity index (χ3v) is 4.54. The summed E-state index contributed by atoms with van der Waals surface area (Å²) in [6.07, 6.45) is 2.46. The molecule has 1 aromatic heterocycles. The van der Waals surface area contributed by atoms with Crippen LogP contribution in [0.15, 0.2) is 29.1 Å². The van der Waals surface area contributed by atoms with Crippen LogP contribution in [0, 0.1) is 18.3 Å². The molecule has 5 heteroatoms. The Morgan fingerprint density at radius 2 is 2.04 bits per heavy atom. The first-order valence-corrected chi connectivity index (χ1v) is 8.75. The first-order valence-electron chi connectivity index (χ1n) is 8.75. The summed E-state index contributed by atoms with van der Waals surface area (Å²) in [4.78, 5) is 17.2. The van der Waals surface area contributed by atoms with Gasteiger partial charge in [0.2, 0.25) is 0 Å². The fraction of sp³-hybridized carbons (Fsp3) is 0.400. The lowest BCUT2D eigenvalue weighted by molar-refractivity contribution is 0.305. The van der Waals surface area contributed by atoms with Gasteiger partial charge in [-0.2, -0.15) is 5.26 Å². The van der Waals surface area contributed by atoms with Crippen LogP contribution in [0.5, 0.6) is 5.75 Å². The van der Waals surface area contributed by atoms with E-state index >= 15 is 0 Å². The number of aromatic amines is 1. The summed E-state index contributed by atoms with van der Waals surface area (Å²) in [5.41, 5.74) is 3.21. The number of nitriles is 1. The molecule has 5 nitrogen and oxygen atoms in total. The molecule has 1 saturated heterocycles. The van der Waals surface area contributed by atoms with E-state index in [1.807, 2.05) is 38.1 Å². The quantitative estimate of drug-likeness (QED) is 0.909. The van der Waals surface area contributed by atoms with E-state index in [4.69, 9.17) is 4.74 Å². The van der Waals surface area contributed by atoms with Gasteiger partial charge in [-0.1, -0.05) is 6.07 Å². The number of rotatable bonds is 5. The lowest BCUT2D eigenvalue weighted by Crippen LogP contribution is -2.19. The van der Waals surface area contributed by atoms with E-state index in [0.29, 0.717) is 12.2 Å². The van der Waals surface area contributed by atoms with E-state index in [1.54, 1.807) is 0 Å². The second-order valence-corrected chi connectivity index (χ2v) is 6.42. The molecule has 2 aromatic rings. The maximum absolute atomic E-state index is 12.1. The largest absolute Gasteiger partial charge is 0.494 e. The first kappa shape index (κ1) is 17.2. The van der Waals surface area contributed by atoms with Crippen LogP contribution in [0.2, 0.25) is 0 Å². The fourth-order valence-electron chi connectivity index (χ4n) is 3.38. The highest BCUT2D eigenvalue weighted by molar-refractivity contribution is 5.71. The Labute approximate surface area is 147 Å². The third kappa shape index (κ3) is 3.75. The number of hydrogen-bond donors (Lipinski definition) is 1. The average Bonchev–Trinajstić information content (AvgIpc) is 3.09. The molecule has 25 heavy (non-hydrogen) atoms. The molecule has 0 amide bonds. The van der Waals surface area contributed by atoms with Crippen LogP contribution in [0.1, 0.15) is 36.6 Å². The molecule has 0 aliphatic carbocycles. The molecule has 1 fully saturated rings. The fourth-order valence-corrected chi connectivity index (χ4v) is 3.38. The minimum atomic E-state index is -0.340. The van der Waals surface area contributed by atoms with Gasteiger partial charge in [-0.05, 0) is 63.5 Å². The SMILES string of the molecule is CCOc1ccc(-c2cc(C)[nH]c(=O)c2C#N)cc1CN1CCCC1. The minimum Gasteiger partial charge on any atom is -0.494 e. The summed E-state index contributed by atoms with van der Waals surface area (Å²) < 4.78 is 5.78. The Bertz CT molecular complexity index is 858. The van der Waals surface area contributed by atoms with Gasteiger partial charge in [-0.3, -0.25) is 9.69 Å². The number of H-pyrrole nitrogens is 1. The molecule has 0 radical (unpaired) electrons. The summed E-state index contributed by atoms with van der Waals surface area (Å²) >= 11 is 0. The molecule has 0 spiro atoms. The van der Waals surface area contributed by atoms with Gasteiger partial charge in [-0.15, -0.1) is 0 Å². The Morgan fingerprint density at radius 3 is 2.72 bits per heavy atom. The second kappa shape index (κ2) is 7.54. The minimum absolute atomic E-state index is 0.155. The highest BCUT2D eigenvalue weighted by atomic mass is 16.5. The second-order valence-electron chi connectivity index (χ2n) is 6.42. The predicted octanol–water partition coefficient (Wildman–Crippen LogP) is 3.22. The number of ether oxygens (including phenoxy) is 1. The third-order valence-electron chi connectivity index (χ3n) is 4.54. The molecule has 0 atom stereocenters. The molecule has 1 aliphatic heterocycles. The molecular formula is C20H23N3O2. The van der Waals surface area contributed by atoms with E-state index in [9.17, 15) is 10.1 Å². The van der Waals surface area contributed by atoms with Crippen LogP contribution in [0.3, 0.4) is 0 Å². The molecule has 2 heterocycles. The van der Waals surface area contributed by atoms with Crippen molar-refractivity contribution >= 4 is 0 Å². The van der Waals surface area contributed by atoms with Crippen molar-refractivity contribution < 1.29 is 4.74 Å². The van der Waals surface area contributed by atoms with E-state index in [1.165, 1.54) is 12.8 Å². The predicted molar refractivity (Wildman–Crippen MR) is 97.6 cm³/mol. The van der Waals surface area contributed by atoms with Crippen molar-refractivity contribution in [1.29, 1.82) is 5.26 Å². The number of likely N-dealkylation sites (tertiary alicyclic amines) is 1. The molecule has 0 bridgehead atoms. The van der Waals surface area contributed by atoms with E-state index in [2.05, 4.69) is 16.0 Å². The van der Waals surface area contributed by atoms with Gasteiger partial charge in [0.15, 0.2) is 0 Å². The van der Waals surface area contributed by atoms with Gasteiger partial charge >= 0.3 is 0 Å². The molecular weight excluding hydrogens is 314 g/mol. The van der Waals surface area contributed by atoms with Crippen molar-refractivity contribution in [2.75, 3.05) is 19.7 Å². The van der Waals surface area contributed by atoms with Gasteiger partial charge < -0.3 is 9.72 Å². The lowest BCUT2D eigenvalue weighted by Gasteiger charge is -2.19. The van der Waals surface area contributed by atoms with Crippen LogP contribution in [0.4, 0.5) is 0 Å². The molecule has 1 aromatic carbocycles. The smallest absolute Gasteiger partial charge is 0.266 e. The van der Waals surface area contributed by atoms with Gasteiger partial charge in [0.05, 0.1) is 6.61 Å². The zero-order chi connectivity index (χ0) is 17.8. The number of aryl methyl sites for hydroxylation is 1. The van der Waals surface area contributed by atoms with E-state index in [0.717, 1.165) is 42.2 Å². The Hall–Kier alpha value is -2.58. The Morgan fingerprint density at radius 1 is 1.28 bits per heavy atom. The topological polar surface area (TPSA) is 69.1 Å². The van der Waals surface area contributed by atoms with Gasteiger partial charge in [-0.25, -0.2) is 0 Å².